The minimum Gasteiger partial charge on any atom is -0.371 e. The number of hydrogen-bond donors (Lipinski definition) is 0. The highest BCUT2D eigenvalue weighted by molar-refractivity contribution is 5.99. The van der Waals surface area contributed by atoms with Crippen molar-refractivity contribution < 1.29 is 4.57 Å². The van der Waals surface area contributed by atoms with E-state index < -0.39 is 0 Å². The number of benzene rings is 1. The van der Waals surface area contributed by atoms with Gasteiger partial charge in [-0.1, -0.05) is 30.3 Å². The summed E-state index contributed by atoms with van der Waals surface area (Å²) in [6.45, 7) is 4.36. The summed E-state index contributed by atoms with van der Waals surface area (Å²) < 4.78 is 3.95. The molecule has 0 aliphatic carbocycles. The highest BCUT2D eigenvalue weighted by Crippen LogP contribution is 2.22. The van der Waals surface area contributed by atoms with Crippen LogP contribution in [0.25, 0.3) is 0 Å². The molecule has 0 amide bonds. The standard InChI is InChI=1S/C27H33N8/c1-32-18-12-23(34-14-6-7-15-34)20-25(32)28-30-27(22-10-4-3-5-11-22)31-29-26-21-24(13-19-33(26)2)35-16-8-9-17-35/h3-5,10-13,18-21H,6-9,14-17H2,1-2H3/q+1. The van der Waals surface area contributed by atoms with Crippen molar-refractivity contribution >= 4 is 23.0 Å². The lowest BCUT2D eigenvalue weighted by Crippen LogP contribution is -2.28. The molecule has 0 spiro atoms. The number of anilines is 2. The van der Waals surface area contributed by atoms with Crippen LogP contribution in [0.1, 0.15) is 31.2 Å². The topological polar surface area (TPSA) is 64.7 Å². The van der Waals surface area contributed by atoms with Gasteiger partial charge in [-0.15, -0.1) is 10.2 Å². The van der Waals surface area contributed by atoms with Crippen molar-refractivity contribution in [3.63, 3.8) is 0 Å². The molecule has 180 valence electrons. The fourth-order valence-corrected chi connectivity index (χ4v) is 4.56. The second-order valence-corrected chi connectivity index (χ2v) is 9.19. The fraction of sp³-hybridized carbons (Fsp3) is 0.370. The molecule has 2 aliphatic heterocycles. The first kappa shape index (κ1) is 23.0. The first-order chi connectivity index (χ1) is 17.2. The molecule has 0 N–H and O–H groups in total. The number of hydrogen-bond acceptors (Lipinski definition) is 5. The van der Waals surface area contributed by atoms with Gasteiger partial charge in [0.1, 0.15) is 0 Å². The summed E-state index contributed by atoms with van der Waals surface area (Å²) in [5.74, 6) is 1.25. The third-order valence-electron chi connectivity index (χ3n) is 6.68. The maximum absolute atomic E-state index is 4.59. The number of pyridine rings is 2. The first-order valence-electron chi connectivity index (χ1n) is 12.4. The Morgan fingerprint density at radius 1 is 0.829 bits per heavy atom. The van der Waals surface area contributed by atoms with Gasteiger partial charge < -0.3 is 14.4 Å². The molecule has 2 saturated heterocycles. The summed E-state index contributed by atoms with van der Waals surface area (Å²) in [5, 5.41) is 18.3. The third kappa shape index (κ3) is 5.48. The van der Waals surface area contributed by atoms with E-state index in [0.29, 0.717) is 5.84 Å². The summed E-state index contributed by atoms with van der Waals surface area (Å²) in [4.78, 5) is 4.79. The lowest BCUT2D eigenvalue weighted by molar-refractivity contribution is -0.658. The second kappa shape index (κ2) is 10.6. The maximum Gasteiger partial charge on any atom is 0.352 e. The molecular formula is C27H33N8+. The van der Waals surface area contributed by atoms with Crippen molar-refractivity contribution in [2.45, 2.75) is 25.7 Å². The quantitative estimate of drug-likeness (QED) is 0.186. The van der Waals surface area contributed by atoms with Crippen molar-refractivity contribution in [2.24, 2.45) is 34.5 Å². The average molecular weight is 470 g/mol. The van der Waals surface area contributed by atoms with E-state index in [0.717, 1.165) is 43.0 Å². The van der Waals surface area contributed by atoms with Crippen LogP contribution in [0.3, 0.4) is 0 Å². The minimum absolute atomic E-state index is 0.476. The van der Waals surface area contributed by atoms with E-state index >= 15 is 0 Å². The number of azo groups is 1. The highest BCUT2D eigenvalue weighted by Gasteiger charge is 2.17. The number of rotatable bonds is 5. The Balaban J connectivity index is 1.49. The van der Waals surface area contributed by atoms with Crippen molar-refractivity contribution in [3.05, 3.63) is 78.0 Å². The van der Waals surface area contributed by atoms with Crippen LogP contribution in [0.4, 0.5) is 17.2 Å². The van der Waals surface area contributed by atoms with Gasteiger partial charge in [-0.3, -0.25) is 0 Å². The molecule has 0 unspecified atom stereocenters. The Kier molecular flexibility index (Phi) is 6.97. The van der Waals surface area contributed by atoms with E-state index in [1.165, 1.54) is 37.1 Å². The molecule has 4 heterocycles. The van der Waals surface area contributed by atoms with Crippen LogP contribution in [-0.4, -0.2) is 36.6 Å². The fourth-order valence-electron chi connectivity index (χ4n) is 4.56. The molecular weight excluding hydrogens is 436 g/mol. The molecule has 1 aromatic carbocycles. The SMILES string of the molecule is Cn1ccc(N2CCCC2)cc1=NN=C(N=Nc1cc(N2CCCC2)cc[n+]1C)c1ccccc1. The molecule has 8 nitrogen and oxygen atoms in total. The highest BCUT2D eigenvalue weighted by atomic mass is 15.3. The zero-order valence-electron chi connectivity index (χ0n) is 20.6. The smallest absolute Gasteiger partial charge is 0.352 e. The van der Waals surface area contributed by atoms with Crippen LogP contribution >= 0.6 is 0 Å². The second-order valence-electron chi connectivity index (χ2n) is 9.19. The van der Waals surface area contributed by atoms with Gasteiger partial charge in [0.05, 0.1) is 24.4 Å². The Morgan fingerprint density at radius 3 is 2.17 bits per heavy atom. The van der Waals surface area contributed by atoms with Crippen LogP contribution in [0, 0.1) is 0 Å². The zero-order valence-corrected chi connectivity index (χ0v) is 20.6. The van der Waals surface area contributed by atoms with Crippen molar-refractivity contribution in [1.29, 1.82) is 0 Å². The predicted octanol–water partition coefficient (Wildman–Crippen LogP) is 4.10. The van der Waals surface area contributed by atoms with E-state index in [1.807, 2.05) is 66.0 Å². The van der Waals surface area contributed by atoms with Gasteiger partial charge in [0.15, 0.2) is 5.49 Å². The van der Waals surface area contributed by atoms with Crippen LogP contribution in [0.5, 0.6) is 0 Å². The molecule has 8 heteroatoms. The Morgan fingerprint density at radius 2 is 1.49 bits per heavy atom. The monoisotopic (exact) mass is 469 g/mol. The lowest BCUT2D eigenvalue weighted by Gasteiger charge is -2.17. The Hall–Kier alpha value is -3.81. The van der Waals surface area contributed by atoms with E-state index in [2.05, 4.69) is 54.5 Å². The summed E-state index contributed by atoms with van der Waals surface area (Å²) >= 11 is 0. The average Bonchev–Trinajstić information content (AvgIpc) is 3.62. The molecule has 2 aliphatic rings. The van der Waals surface area contributed by atoms with E-state index in [9.17, 15) is 0 Å². The van der Waals surface area contributed by atoms with Crippen LogP contribution in [0.15, 0.2) is 87.4 Å². The summed E-state index contributed by atoms with van der Waals surface area (Å²) in [5.41, 5.74) is 4.02. The number of aryl methyl sites for hydroxylation is 2. The van der Waals surface area contributed by atoms with E-state index in [1.54, 1.807) is 0 Å². The number of amidine groups is 1. The van der Waals surface area contributed by atoms with Gasteiger partial charge in [0, 0.05) is 68.5 Å². The number of nitrogens with zero attached hydrogens (tertiary/aromatic N) is 8. The van der Waals surface area contributed by atoms with Gasteiger partial charge in [0.25, 0.3) is 0 Å². The normalized spacial score (nSPS) is 17.2. The van der Waals surface area contributed by atoms with Gasteiger partial charge >= 0.3 is 5.82 Å². The molecule has 0 radical (unpaired) electrons. The first-order valence-corrected chi connectivity index (χ1v) is 12.4. The van der Waals surface area contributed by atoms with Gasteiger partial charge in [0.2, 0.25) is 5.84 Å². The minimum atomic E-state index is 0.476. The summed E-state index contributed by atoms with van der Waals surface area (Å²) in [6.07, 6.45) is 9.02. The molecule has 0 saturated carbocycles. The van der Waals surface area contributed by atoms with Gasteiger partial charge in [-0.25, -0.2) is 4.57 Å². The molecule has 5 rings (SSSR count). The number of aromatic nitrogens is 2. The molecule has 3 aromatic rings. The largest absolute Gasteiger partial charge is 0.371 e. The van der Waals surface area contributed by atoms with Gasteiger partial charge in [-0.2, -0.15) is 0 Å². The maximum atomic E-state index is 4.59. The lowest BCUT2D eigenvalue weighted by atomic mass is 10.2. The summed E-state index contributed by atoms with van der Waals surface area (Å²) in [7, 11) is 3.96. The molecule has 0 atom stereocenters. The van der Waals surface area contributed by atoms with Gasteiger partial charge in [-0.05, 0) is 36.9 Å². The Bertz CT molecular complexity index is 1280. The van der Waals surface area contributed by atoms with Crippen molar-refractivity contribution in [1.82, 2.24) is 4.57 Å². The molecule has 2 aromatic heterocycles. The zero-order chi connectivity index (χ0) is 24.0. The van der Waals surface area contributed by atoms with E-state index in [-0.39, 0.29) is 0 Å². The third-order valence-corrected chi connectivity index (χ3v) is 6.68. The predicted molar refractivity (Wildman–Crippen MR) is 139 cm³/mol. The van der Waals surface area contributed by atoms with Crippen molar-refractivity contribution in [3.8, 4) is 0 Å². The molecule has 0 bridgehead atoms. The molecule has 35 heavy (non-hydrogen) atoms. The van der Waals surface area contributed by atoms with Crippen LogP contribution in [0.2, 0.25) is 0 Å². The summed E-state index contributed by atoms with van der Waals surface area (Å²) in [6, 6.07) is 18.4. The van der Waals surface area contributed by atoms with Crippen LogP contribution in [-0.2, 0) is 14.1 Å². The van der Waals surface area contributed by atoms with E-state index in [4.69, 9.17) is 0 Å². The van der Waals surface area contributed by atoms with Crippen molar-refractivity contribution in [2.75, 3.05) is 36.0 Å². The molecule has 2 fully saturated rings. The Labute approximate surface area is 206 Å². The van der Waals surface area contributed by atoms with Crippen LogP contribution < -0.4 is 19.9 Å².